The highest BCUT2D eigenvalue weighted by atomic mass is 14.9. The molecule has 0 aromatic rings. The van der Waals surface area contributed by atoms with Gasteiger partial charge in [-0.15, -0.1) is 0 Å². The van der Waals surface area contributed by atoms with Gasteiger partial charge in [-0.25, -0.2) is 0 Å². The molecule has 2 fully saturated rings. The lowest BCUT2D eigenvalue weighted by molar-refractivity contribution is 0.144. The third-order valence-electron chi connectivity index (χ3n) is 3.82. The molecular weight excluding hydrogens is 158 g/mol. The molecule has 1 heteroatoms. The average Bonchev–Trinajstić information content (AvgIpc) is 2.27. The summed E-state index contributed by atoms with van der Waals surface area (Å²) in [7, 11) is 0. The molecule has 0 amide bonds. The normalized spacial score (nSPS) is 39.2. The first-order chi connectivity index (χ1) is 6.17. The molecule has 0 bridgehead atoms. The van der Waals surface area contributed by atoms with Gasteiger partial charge in [-0.3, -0.25) is 0 Å². The van der Waals surface area contributed by atoms with Crippen molar-refractivity contribution in [1.82, 2.24) is 5.32 Å². The van der Waals surface area contributed by atoms with Crippen molar-refractivity contribution >= 4 is 0 Å². The number of piperidine rings is 1. The highest BCUT2D eigenvalue weighted by Crippen LogP contribution is 2.37. The van der Waals surface area contributed by atoms with E-state index in [1.165, 1.54) is 45.1 Å². The summed E-state index contributed by atoms with van der Waals surface area (Å²) in [5.74, 6) is 0.978. The van der Waals surface area contributed by atoms with Crippen LogP contribution < -0.4 is 5.32 Å². The van der Waals surface area contributed by atoms with Crippen LogP contribution in [0.15, 0.2) is 0 Å². The Balaban J connectivity index is 2.00. The van der Waals surface area contributed by atoms with Crippen LogP contribution in [-0.2, 0) is 0 Å². The van der Waals surface area contributed by atoms with E-state index in [9.17, 15) is 0 Å². The zero-order valence-corrected chi connectivity index (χ0v) is 9.10. The fourth-order valence-electron chi connectivity index (χ4n) is 3.09. The maximum atomic E-state index is 3.75. The van der Waals surface area contributed by atoms with Crippen LogP contribution in [0, 0.1) is 11.3 Å². The van der Waals surface area contributed by atoms with Crippen LogP contribution in [0.1, 0.15) is 52.4 Å². The number of hydrogen-bond acceptors (Lipinski definition) is 1. The van der Waals surface area contributed by atoms with Crippen molar-refractivity contribution in [2.75, 3.05) is 6.54 Å². The second-order valence-corrected chi connectivity index (χ2v) is 5.75. The minimum absolute atomic E-state index is 0.547. The average molecular weight is 181 g/mol. The van der Waals surface area contributed by atoms with Gasteiger partial charge in [0.25, 0.3) is 0 Å². The highest BCUT2D eigenvalue weighted by molar-refractivity contribution is 4.90. The fourth-order valence-corrected chi connectivity index (χ4v) is 3.09. The molecule has 2 rings (SSSR count). The Morgan fingerprint density at radius 2 is 1.85 bits per heavy atom. The topological polar surface area (TPSA) is 12.0 Å². The molecule has 2 atom stereocenters. The summed E-state index contributed by atoms with van der Waals surface area (Å²) < 4.78 is 0. The van der Waals surface area contributed by atoms with Gasteiger partial charge in [0.15, 0.2) is 0 Å². The van der Waals surface area contributed by atoms with E-state index in [2.05, 4.69) is 19.2 Å². The zero-order valence-electron chi connectivity index (χ0n) is 9.10. The van der Waals surface area contributed by atoms with Crippen molar-refractivity contribution < 1.29 is 0 Å². The maximum absolute atomic E-state index is 3.75. The van der Waals surface area contributed by atoms with Gasteiger partial charge in [0.05, 0.1) is 0 Å². The number of hydrogen-bond donors (Lipinski definition) is 1. The monoisotopic (exact) mass is 181 g/mol. The van der Waals surface area contributed by atoms with Gasteiger partial charge in [0.2, 0.25) is 0 Å². The van der Waals surface area contributed by atoms with Gasteiger partial charge in [-0.1, -0.05) is 33.1 Å². The Morgan fingerprint density at radius 3 is 2.69 bits per heavy atom. The number of nitrogens with one attached hydrogen (secondary N) is 1. The summed E-state index contributed by atoms with van der Waals surface area (Å²) in [6, 6.07) is 0.857. The van der Waals surface area contributed by atoms with Gasteiger partial charge in [0.1, 0.15) is 0 Å². The summed E-state index contributed by atoms with van der Waals surface area (Å²) in [6.45, 7) is 6.04. The van der Waals surface area contributed by atoms with E-state index in [0.717, 1.165) is 12.0 Å². The van der Waals surface area contributed by atoms with Crippen LogP contribution >= 0.6 is 0 Å². The van der Waals surface area contributed by atoms with Crippen LogP contribution in [0.25, 0.3) is 0 Å². The van der Waals surface area contributed by atoms with Crippen molar-refractivity contribution in [3.05, 3.63) is 0 Å². The number of rotatable bonds is 0. The van der Waals surface area contributed by atoms with E-state index in [-0.39, 0.29) is 0 Å². The Bertz CT molecular complexity index is 174. The van der Waals surface area contributed by atoms with E-state index >= 15 is 0 Å². The highest BCUT2D eigenvalue weighted by Gasteiger charge is 2.34. The third kappa shape index (κ3) is 2.25. The lowest BCUT2D eigenvalue weighted by Crippen LogP contribution is -2.48. The molecule has 1 saturated carbocycles. The van der Waals surface area contributed by atoms with E-state index in [0.29, 0.717) is 5.41 Å². The Labute approximate surface area is 82.3 Å². The van der Waals surface area contributed by atoms with E-state index in [1.807, 2.05) is 0 Å². The van der Waals surface area contributed by atoms with Gasteiger partial charge in [-0.2, -0.15) is 0 Å². The van der Waals surface area contributed by atoms with Gasteiger partial charge >= 0.3 is 0 Å². The minimum Gasteiger partial charge on any atom is -0.313 e. The van der Waals surface area contributed by atoms with E-state index in [1.54, 1.807) is 0 Å². The van der Waals surface area contributed by atoms with Crippen molar-refractivity contribution in [2.45, 2.75) is 58.4 Å². The second-order valence-electron chi connectivity index (χ2n) is 5.75. The smallest absolute Gasteiger partial charge is 0.00957 e. The Kier molecular flexibility index (Phi) is 2.64. The largest absolute Gasteiger partial charge is 0.313 e. The van der Waals surface area contributed by atoms with Crippen LogP contribution in [-0.4, -0.2) is 12.6 Å². The van der Waals surface area contributed by atoms with Crippen LogP contribution in [0.4, 0.5) is 0 Å². The lowest BCUT2D eigenvalue weighted by atomic mass is 9.74. The van der Waals surface area contributed by atoms with Crippen molar-refractivity contribution in [2.24, 2.45) is 11.3 Å². The molecule has 13 heavy (non-hydrogen) atoms. The molecule has 0 aromatic heterocycles. The van der Waals surface area contributed by atoms with Crippen molar-refractivity contribution in [3.8, 4) is 0 Å². The Hall–Kier alpha value is -0.0400. The lowest BCUT2D eigenvalue weighted by Gasteiger charge is -2.41. The predicted molar refractivity (Wildman–Crippen MR) is 56.8 cm³/mol. The quantitative estimate of drug-likeness (QED) is 0.606. The molecule has 1 saturated heterocycles. The van der Waals surface area contributed by atoms with E-state index < -0.39 is 0 Å². The molecule has 1 heterocycles. The standard InChI is InChI=1S/C12H23N/c1-12(2)8-10-6-4-3-5-7-11(10)13-9-12/h10-11,13H,3-9H2,1-2H3/t10-,11+/m1/s1. The summed E-state index contributed by atoms with van der Waals surface area (Å²) in [5, 5.41) is 3.75. The third-order valence-corrected chi connectivity index (χ3v) is 3.82. The van der Waals surface area contributed by atoms with Crippen LogP contribution in [0.3, 0.4) is 0 Å². The van der Waals surface area contributed by atoms with Crippen LogP contribution in [0.5, 0.6) is 0 Å². The number of fused-ring (bicyclic) bond motifs is 1. The first kappa shape index (κ1) is 9.51. The molecule has 1 N–H and O–H groups in total. The SMILES string of the molecule is CC1(C)CN[C@H]2CCCCC[C@@H]2C1. The zero-order chi connectivity index (χ0) is 9.31. The molecule has 2 aliphatic rings. The minimum atomic E-state index is 0.547. The second kappa shape index (κ2) is 3.61. The van der Waals surface area contributed by atoms with Crippen molar-refractivity contribution in [1.29, 1.82) is 0 Å². The summed E-state index contributed by atoms with van der Waals surface area (Å²) in [4.78, 5) is 0. The molecule has 0 aromatic carbocycles. The summed E-state index contributed by atoms with van der Waals surface area (Å²) >= 11 is 0. The molecular formula is C12H23N. The first-order valence-electron chi connectivity index (χ1n) is 5.91. The molecule has 1 aliphatic carbocycles. The van der Waals surface area contributed by atoms with Crippen LogP contribution in [0.2, 0.25) is 0 Å². The molecule has 76 valence electrons. The molecule has 1 nitrogen and oxygen atoms in total. The van der Waals surface area contributed by atoms with Gasteiger partial charge in [-0.05, 0) is 30.6 Å². The van der Waals surface area contributed by atoms with E-state index in [4.69, 9.17) is 0 Å². The maximum Gasteiger partial charge on any atom is 0.00957 e. The Morgan fingerprint density at radius 1 is 1.08 bits per heavy atom. The predicted octanol–water partition coefficient (Wildman–Crippen LogP) is 2.95. The summed E-state index contributed by atoms with van der Waals surface area (Å²) in [6.07, 6.45) is 8.75. The first-order valence-corrected chi connectivity index (χ1v) is 5.91. The van der Waals surface area contributed by atoms with Gasteiger partial charge < -0.3 is 5.32 Å². The van der Waals surface area contributed by atoms with Crippen molar-refractivity contribution in [3.63, 3.8) is 0 Å². The molecule has 1 aliphatic heterocycles. The molecule has 0 spiro atoms. The fraction of sp³-hybridized carbons (Fsp3) is 1.00. The summed E-state index contributed by atoms with van der Waals surface area (Å²) in [5.41, 5.74) is 0.547. The van der Waals surface area contributed by atoms with Gasteiger partial charge in [0, 0.05) is 12.6 Å². The molecule has 0 unspecified atom stereocenters. The molecule has 0 radical (unpaired) electrons.